The minimum Gasteiger partial charge on any atom is -0.496 e. The molecule has 1 N–H and O–H groups in total. The maximum atomic E-state index is 11.8. The fourth-order valence-corrected chi connectivity index (χ4v) is 6.75. The number of hydrogen-bond donors (Lipinski definition) is 1. The van der Waals surface area contributed by atoms with E-state index in [4.69, 9.17) is 23.9 Å². The summed E-state index contributed by atoms with van der Waals surface area (Å²) in [6.07, 6.45) is 2.76. The van der Waals surface area contributed by atoms with Crippen LogP contribution in [0.2, 0.25) is 0 Å². The van der Waals surface area contributed by atoms with E-state index in [1.165, 1.54) is 5.56 Å². The zero-order chi connectivity index (χ0) is 25.6. The molecular weight excluding hydrogens is 504 g/mol. The topological polar surface area (TPSA) is 106 Å². The van der Waals surface area contributed by atoms with Crippen molar-refractivity contribution in [1.29, 1.82) is 0 Å². The molecular formula is C27H30N6O4S. The molecule has 10 nitrogen and oxygen atoms in total. The van der Waals surface area contributed by atoms with Crippen LogP contribution in [0, 0.1) is 0 Å². The lowest BCUT2D eigenvalue weighted by molar-refractivity contribution is 0.122. The van der Waals surface area contributed by atoms with E-state index < -0.39 is 10.8 Å². The van der Waals surface area contributed by atoms with Crippen molar-refractivity contribution < 1.29 is 18.1 Å². The van der Waals surface area contributed by atoms with Crippen molar-refractivity contribution in [2.75, 3.05) is 74.8 Å². The van der Waals surface area contributed by atoms with Gasteiger partial charge in [0.1, 0.15) is 11.3 Å². The lowest BCUT2D eigenvalue weighted by Gasteiger charge is -2.28. The third-order valence-corrected chi connectivity index (χ3v) is 8.88. The molecule has 1 aromatic carbocycles. The molecule has 0 radical (unpaired) electrons. The fourth-order valence-electron chi connectivity index (χ4n) is 5.63. The third kappa shape index (κ3) is 4.18. The molecule has 3 aliphatic heterocycles. The monoisotopic (exact) mass is 534 g/mol. The average molecular weight is 535 g/mol. The zero-order valence-corrected chi connectivity index (χ0v) is 22.2. The van der Waals surface area contributed by atoms with Crippen LogP contribution in [-0.2, 0) is 28.5 Å². The second kappa shape index (κ2) is 9.79. The molecule has 3 aromatic heterocycles. The van der Waals surface area contributed by atoms with Gasteiger partial charge in [0.05, 0.1) is 31.3 Å². The summed E-state index contributed by atoms with van der Waals surface area (Å²) in [6, 6.07) is 6.17. The lowest BCUT2D eigenvalue weighted by atomic mass is 10.0. The second-order valence-corrected chi connectivity index (χ2v) is 11.6. The number of benzene rings is 1. The maximum Gasteiger partial charge on any atom is 0.229 e. The molecule has 0 bridgehead atoms. The molecule has 0 amide bonds. The van der Waals surface area contributed by atoms with Crippen molar-refractivity contribution in [1.82, 2.24) is 19.9 Å². The Hall–Kier alpha value is -3.28. The molecule has 0 saturated carbocycles. The van der Waals surface area contributed by atoms with Gasteiger partial charge in [0.15, 0.2) is 17.2 Å². The van der Waals surface area contributed by atoms with E-state index in [0.29, 0.717) is 30.3 Å². The summed E-state index contributed by atoms with van der Waals surface area (Å²) in [5.41, 5.74) is 6.23. The number of pyridine rings is 1. The Balaban J connectivity index is 1.39. The Morgan fingerprint density at radius 3 is 2.79 bits per heavy atom. The minimum atomic E-state index is -0.700. The Kier molecular flexibility index (Phi) is 6.13. The number of morpholine rings is 1. The van der Waals surface area contributed by atoms with Crippen LogP contribution >= 0.6 is 0 Å². The van der Waals surface area contributed by atoms with Crippen LogP contribution in [0.3, 0.4) is 0 Å². The molecule has 0 atom stereocenters. The molecule has 38 heavy (non-hydrogen) atoms. The number of aromatic nitrogens is 3. The zero-order valence-electron chi connectivity index (χ0n) is 21.4. The summed E-state index contributed by atoms with van der Waals surface area (Å²) in [5, 5.41) is 4.34. The first-order valence-corrected chi connectivity index (χ1v) is 14.6. The molecule has 2 saturated heterocycles. The van der Waals surface area contributed by atoms with Crippen LogP contribution in [0.5, 0.6) is 5.75 Å². The van der Waals surface area contributed by atoms with Gasteiger partial charge in [-0.2, -0.15) is 0 Å². The summed E-state index contributed by atoms with van der Waals surface area (Å²) >= 11 is 0. The van der Waals surface area contributed by atoms with Gasteiger partial charge in [0, 0.05) is 73.5 Å². The van der Waals surface area contributed by atoms with Crippen molar-refractivity contribution in [2.24, 2.45) is 0 Å². The van der Waals surface area contributed by atoms with Gasteiger partial charge in [-0.15, -0.1) is 0 Å². The summed E-state index contributed by atoms with van der Waals surface area (Å²) in [6.45, 7) is 6.02. The number of methoxy groups -OCH3 is 1. The number of furan rings is 1. The SMILES string of the molecule is COc1ccc2c(c1-c1nc(N3CCOCC3)c3oc4ncc(CN5CCS(=O)CC5)cc4c3n1)CCN2. The molecule has 0 unspecified atom stereocenters. The number of hydrogen-bond acceptors (Lipinski definition) is 10. The predicted molar refractivity (Wildman–Crippen MR) is 147 cm³/mol. The highest BCUT2D eigenvalue weighted by atomic mass is 32.2. The number of rotatable bonds is 5. The molecule has 0 aliphatic carbocycles. The predicted octanol–water partition coefficient (Wildman–Crippen LogP) is 2.82. The first kappa shape index (κ1) is 23.8. The largest absolute Gasteiger partial charge is 0.496 e. The van der Waals surface area contributed by atoms with E-state index in [1.807, 2.05) is 12.3 Å². The summed E-state index contributed by atoms with van der Waals surface area (Å²) in [4.78, 5) is 19.4. The smallest absolute Gasteiger partial charge is 0.229 e. The van der Waals surface area contributed by atoms with Gasteiger partial charge in [-0.25, -0.2) is 15.0 Å². The molecule has 11 heteroatoms. The first-order chi connectivity index (χ1) is 18.7. The van der Waals surface area contributed by atoms with E-state index in [1.54, 1.807) is 7.11 Å². The standard InChI is InChI=1S/C27H30N6O4S/c1-35-21-3-2-20-18(4-5-28-20)22(21)25-30-23-19-14-17(16-32-8-12-38(34)13-9-32)15-29-27(19)37-24(23)26(31-25)33-6-10-36-11-7-33/h2-3,14-15,28H,4-13,16H2,1H3. The van der Waals surface area contributed by atoms with Gasteiger partial charge < -0.3 is 24.1 Å². The molecule has 7 rings (SSSR count). The van der Waals surface area contributed by atoms with Crippen LogP contribution in [0.1, 0.15) is 11.1 Å². The maximum absolute atomic E-state index is 11.8. The molecule has 6 heterocycles. The van der Waals surface area contributed by atoms with E-state index in [-0.39, 0.29) is 0 Å². The van der Waals surface area contributed by atoms with Crippen molar-refractivity contribution in [3.05, 3.63) is 35.5 Å². The third-order valence-electron chi connectivity index (χ3n) is 7.61. The lowest BCUT2D eigenvalue weighted by Crippen LogP contribution is -2.37. The van der Waals surface area contributed by atoms with Crippen LogP contribution in [0.4, 0.5) is 11.5 Å². The molecule has 2 fully saturated rings. The highest BCUT2D eigenvalue weighted by Crippen LogP contribution is 2.41. The van der Waals surface area contributed by atoms with E-state index in [9.17, 15) is 4.21 Å². The van der Waals surface area contributed by atoms with E-state index in [0.717, 1.165) is 96.5 Å². The number of nitrogens with zero attached hydrogens (tertiary/aromatic N) is 5. The van der Waals surface area contributed by atoms with Crippen molar-refractivity contribution in [2.45, 2.75) is 13.0 Å². The van der Waals surface area contributed by atoms with Gasteiger partial charge in [0.25, 0.3) is 0 Å². The van der Waals surface area contributed by atoms with Crippen molar-refractivity contribution in [3.8, 4) is 17.1 Å². The number of anilines is 2. The van der Waals surface area contributed by atoms with E-state index >= 15 is 0 Å². The molecule has 0 spiro atoms. The van der Waals surface area contributed by atoms with Gasteiger partial charge in [-0.05, 0) is 35.7 Å². The minimum absolute atomic E-state index is 0.552. The summed E-state index contributed by atoms with van der Waals surface area (Å²) in [5.74, 6) is 3.60. The Labute approximate surface area is 222 Å². The van der Waals surface area contributed by atoms with Gasteiger partial charge in [-0.3, -0.25) is 9.11 Å². The van der Waals surface area contributed by atoms with Crippen LogP contribution < -0.4 is 15.0 Å². The fraction of sp³-hybridized carbons (Fsp3) is 0.444. The Bertz CT molecular complexity index is 1540. The Morgan fingerprint density at radius 1 is 1.13 bits per heavy atom. The van der Waals surface area contributed by atoms with Gasteiger partial charge >= 0.3 is 0 Å². The van der Waals surface area contributed by atoms with Crippen LogP contribution in [-0.4, -0.2) is 88.6 Å². The van der Waals surface area contributed by atoms with Gasteiger partial charge in [0.2, 0.25) is 5.71 Å². The van der Waals surface area contributed by atoms with Crippen LogP contribution in [0.25, 0.3) is 33.6 Å². The number of fused-ring (bicyclic) bond motifs is 4. The number of ether oxygens (including phenoxy) is 2. The molecule has 198 valence electrons. The van der Waals surface area contributed by atoms with Crippen molar-refractivity contribution >= 4 is 44.5 Å². The highest BCUT2D eigenvalue weighted by Gasteiger charge is 2.27. The summed E-state index contributed by atoms with van der Waals surface area (Å²) in [7, 11) is 0.989. The van der Waals surface area contributed by atoms with Gasteiger partial charge in [-0.1, -0.05) is 0 Å². The van der Waals surface area contributed by atoms with E-state index in [2.05, 4.69) is 32.2 Å². The second-order valence-electron chi connectivity index (χ2n) is 9.92. The normalized spacial score (nSPS) is 18.7. The van der Waals surface area contributed by atoms with Crippen LogP contribution in [0.15, 0.2) is 28.8 Å². The molecule has 3 aliphatic rings. The van der Waals surface area contributed by atoms with Crippen molar-refractivity contribution in [3.63, 3.8) is 0 Å². The molecule has 4 aromatic rings. The number of nitrogens with one attached hydrogen (secondary N) is 1. The average Bonchev–Trinajstić information content (AvgIpc) is 3.58. The quantitative estimate of drug-likeness (QED) is 0.411. The first-order valence-electron chi connectivity index (χ1n) is 13.1. The Morgan fingerprint density at radius 2 is 1.97 bits per heavy atom. The summed E-state index contributed by atoms with van der Waals surface area (Å²) < 4.78 is 29.5. The highest BCUT2D eigenvalue weighted by molar-refractivity contribution is 7.85.